The van der Waals surface area contributed by atoms with E-state index in [0.717, 1.165) is 0 Å². The van der Waals surface area contributed by atoms with Crippen molar-refractivity contribution in [3.63, 3.8) is 0 Å². The lowest BCUT2D eigenvalue weighted by Crippen LogP contribution is -2.22. The Kier molecular flexibility index (Phi) is 4.03. The summed E-state index contributed by atoms with van der Waals surface area (Å²) in [5.41, 5.74) is -0.293. The first-order valence-corrected chi connectivity index (χ1v) is 4.34. The van der Waals surface area contributed by atoms with Gasteiger partial charge in [0.2, 0.25) is 0 Å². The van der Waals surface area contributed by atoms with Gasteiger partial charge in [0.05, 0.1) is 0 Å². The van der Waals surface area contributed by atoms with E-state index in [1.807, 2.05) is 18.2 Å². The summed E-state index contributed by atoms with van der Waals surface area (Å²) in [4.78, 5) is 29.1. The van der Waals surface area contributed by atoms with E-state index in [9.17, 15) is 9.59 Å². The Morgan fingerprint density at radius 3 is 2.13 bits per heavy atom. The summed E-state index contributed by atoms with van der Waals surface area (Å²) in [6.07, 6.45) is 4.88. The van der Waals surface area contributed by atoms with Crippen molar-refractivity contribution in [3.05, 3.63) is 63.2 Å². The van der Waals surface area contributed by atoms with Crippen molar-refractivity contribution in [2.75, 3.05) is 0 Å². The highest BCUT2D eigenvalue weighted by Crippen LogP contribution is 1.74. The topological polar surface area (TPSA) is 78.6 Å². The number of aromatic nitrogens is 3. The molecule has 0 amide bonds. The standard InChI is InChI=1S/C5H6N2O2.C5H5N/c1-3-2-6-5(9)7-4(3)8;1-2-4-6-5-3-1/h2H,1H3,(H2,6,7,8,9);1-5H. The predicted molar refractivity (Wildman–Crippen MR) is 56.7 cm³/mol. The zero-order valence-electron chi connectivity index (χ0n) is 8.23. The van der Waals surface area contributed by atoms with Gasteiger partial charge in [-0.15, -0.1) is 0 Å². The van der Waals surface area contributed by atoms with Crippen LogP contribution in [0.3, 0.4) is 0 Å². The fourth-order valence-electron chi connectivity index (χ4n) is 0.790. The van der Waals surface area contributed by atoms with Gasteiger partial charge in [-0.25, -0.2) is 4.79 Å². The summed E-state index contributed by atoms with van der Waals surface area (Å²) < 4.78 is 0. The van der Waals surface area contributed by atoms with Crippen LogP contribution in [0.1, 0.15) is 5.56 Å². The maximum atomic E-state index is 10.6. The molecule has 0 bridgehead atoms. The average molecular weight is 205 g/mol. The molecule has 0 aliphatic rings. The van der Waals surface area contributed by atoms with Crippen LogP contribution in [0.2, 0.25) is 0 Å². The smallest absolute Gasteiger partial charge is 0.314 e. The van der Waals surface area contributed by atoms with Gasteiger partial charge in [0.1, 0.15) is 0 Å². The monoisotopic (exact) mass is 205 g/mol. The second-order valence-electron chi connectivity index (χ2n) is 2.78. The summed E-state index contributed by atoms with van der Waals surface area (Å²) in [6, 6.07) is 5.72. The molecule has 0 saturated heterocycles. The molecular weight excluding hydrogens is 194 g/mol. The van der Waals surface area contributed by atoms with Crippen LogP contribution in [-0.4, -0.2) is 15.0 Å². The van der Waals surface area contributed by atoms with Crippen molar-refractivity contribution in [3.8, 4) is 0 Å². The summed E-state index contributed by atoms with van der Waals surface area (Å²) in [6.45, 7) is 1.62. The van der Waals surface area contributed by atoms with E-state index < -0.39 is 5.69 Å². The van der Waals surface area contributed by atoms with Gasteiger partial charge in [-0.05, 0) is 19.1 Å². The molecule has 0 spiro atoms. The normalized spacial score (nSPS) is 8.87. The van der Waals surface area contributed by atoms with Crippen molar-refractivity contribution >= 4 is 0 Å². The van der Waals surface area contributed by atoms with Crippen LogP contribution >= 0.6 is 0 Å². The van der Waals surface area contributed by atoms with Gasteiger partial charge < -0.3 is 4.98 Å². The number of aryl methyl sites for hydroxylation is 1. The minimum absolute atomic E-state index is 0.334. The Bertz CT molecular complexity index is 475. The van der Waals surface area contributed by atoms with E-state index in [4.69, 9.17) is 0 Å². The molecule has 15 heavy (non-hydrogen) atoms. The molecule has 2 rings (SSSR count). The van der Waals surface area contributed by atoms with Crippen molar-refractivity contribution in [1.82, 2.24) is 15.0 Å². The zero-order chi connectivity index (χ0) is 11.1. The maximum absolute atomic E-state index is 10.6. The Hall–Kier alpha value is -2.17. The second kappa shape index (κ2) is 5.54. The molecule has 5 nitrogen and oxygen atoms in total. The van der Waals surface area contributed by atoms with E-state index in [1.54, 1.807) is 19.3 Å². The molecule has 0 aromatic carbocycles. The van der Waals surface area contributed by atoms with E-state index in [-0.39, 0.29) is 5.56 Å². The zero-order valence-corrected chi connectivity index (χ0v) is 8.23. The largest absolute Gasteiger partial charge is 0.325 e. The molecule has 2 N–H and O–H groups in total. The molecule has 0 saturated carbocycles. The first-order valence-electron chi connectivity index (χ1n) is 4.34. The minimum atomic E-state index is -0.467. The van der Waals surface area contributed by atoms with Crippen LogP contribution in [0, 0.1) is 6.92 Å². The molecule has 0 atom stereocenters. The van der Waals surface area contributed by atoms with Gasteiger partial charge >= 0.3 is 5.69 Å². The van der Waals surface area contributed by atoms with Crippen molar-refractivity contribution in [2.45, 2.75) is 6.92 Å². The summed E-state index contributed by atoms with van der Waals surface area (Å²) in [5, 5.41) is 0. The van der Waals surface area contributed by atoms with Crippen molar-refractivity contribution in [1.29, 1.82) is 0 Å². The average Bonchev–Trinajstić information content (AvgIpc) is 2.27. The highest BCUT2D eigenvalue weighted by atomic mass is 16.2. The lowest BCUT2D eigenvalue weighted by molar-refractivity contribution is 1.01. The molecule has 78 valence electrons. The molecule has 5 heteroatoms. The Labute approximate surface area is 85.8 Å². The SMILES string of the molecule is Cc1c[nH]c(=O)[nH]c1=O.c1ccncc1. The Balaban J connectivity index is 0.000000162. The predicted octanol–water partition coefficient (Wildman–Crippen LogP) is 0.453. The van der Waals surface area contributed by atoms with Crippen LogP contribution in [0.15, 0.2) is 46.4 Å². The number of rotatable bonds is 0. The maximum Gasteiger partial charge on any atom is 0.325 e. The van der Waals surface area contributed by atoms with Gasteiger partial charge in [-0.3, -0.25) is 14.8 Å². The number of H-pyrrole nitrogens is 2. The number of nitrogens with zero attached hydrogens (tertiary/aromatic N) is 1. The number of hydrogen-bond acceptors (Lipinski definition) is 3. The van der Waals surface area contributed by atoms with Crippen LogP contribution < -0.4 is 11.2 Å². The van der Waals surface area contributed by atoms with E-state index in [2.05, 4.69) is 15.0 Å². The molecule has 2 aromatic heterocycles. The lowest BCUT2D eigenvalue weighted by Gasteiger charge is -1.84. The lowest BCUT2D eigenvalue weighted by atomic mass is 10.4. The van der Waals surface area contributed by atoms with E-state index >= 15 is 0 Å². The third-order valence-corrected chi connectivity index (χ3v) is 1.57. The summed E-state index contributed by atoms with van der Waals surface area (Å²) >= 11 is 0. The quantitative estimate of drug-likeness (QED) is 0.655. The van der Waals surface area contributed by atoms with Crippen molar-refractivity contribution < 1.29 is 0 Å². The summed E-state index contributed by atoms with van der Waals surface area (Å²) in [5.74, 6) is 0. The van der Waals surface area contributed by atoms with Gasteiger partial charge in [-0.2, -0.15) is 0 Å². The molecule has 0 aliphatic carbocycles. The van der Waals surface area contributed by atoms with Gasteiger partial charge in [-0.1, -0.05) is 6.07 Å². The van der Waals surface area contributed by atoms with E-state index in [0.29, 0.717) is 5.56 Å². The van der Waals surface area contributed by atoms with Gasteiger partial charge in [0, 0.05) is 24.2 Å². The molecule has 0 aliphatic heterocycles. The molecular formula is C10H11N3O2. The van der Waals surface area contributed by atoms with Crippen LogP contribution in [0.25, 0.3) is 0 Å². The minimum Gasteiger partial charge on any atom is -0.314 e. The van der Waals surface area contributed by atoms with Gasteiger partial charge in [0.15, 0.2) is 0 Å². The van der Waals surface area contributed by atoms with Crippen LogP contribution in [0.5, 0.6) is 0 Å². The molecule has 0 fully saturated rings. The second-order valence-corrected chi connectivity index (χ2v) is 2.78. The van der Waals surface area contributed by atoms with Crippen LogP contribution in [0.4, 0.5) is 0 Å². The Morgan fingerprint density at radius 1 is 1.13 bits per heavy atom. The van der Waals surface area contributed by atoms with Crippen LogP contribution in [-0.2, 0) is 0 Å². The third-order valence-electron chi connectivity index (χ3n) is 1.57. The third kappa shape index (κ3) is 4.04. The number of hydrogen-bond donors (Lipinski definition) is 2. The summed E-state index contributed by atoms with van der Waals surface area (Å²) in [7, 11) is 0. The first kappa shape index (κ1) is 10.9. The van der Waals surface area contributed by atoms with Gasteiger partial charge in [0.25, 0.3) is 5.56 Å². The number of nitrogens with one attached hydrogen (secondary N) is 2. The molecule has 2 aromatic rings. The number of pyridine rings is 1. The fourth-order valence-corrected chi connectivity index (χ4v) is 0.790. The molecule has 0 unspecified atom stereocenters. The first-order chi connectivity index (χ1) is 7.20. The highest BCUT2D eigenvalue weighted by molar-refractivity contribution is 4.98. The fraction of sp³-hybridized carbons (Fsp3) is 0.100. The number of aromatic amines is 2. The molecule has 2 heterocycles. The molecule has 0 radical (unpaired) electrons. The highest BCUT2D eigenvalue weighted by Gasteiger charge is 1.88. The van der Waals surface area contributed by atoms with Crippen molar-refractivity contribution in [2.24, 2.45) is 0 Å². The van der Waals surface area contributed by atoms with E-state index in [1.165, 1.54) is 6.20 Å². The Morgan fingerprint density at radius 2 is 1.80 bits per heavy atom.